The zero-order chi connectivity index (χ0) is 37.8. The normalized spacial score (nSPS) is 11.7. The highest BCUT2D eigenvalue weighted by Crippen LogP contribution is 2.56. The number of rotatable bonds is 8. The molecule has 0 aromatic heterocycles. The van der Waals surface area contributed by atoms with Crippen LogP contribution < -0.4 is 20.2 Å². The predicted molar refractivity (Wildman–Crippen MR) is 222 cm³/mol. The second-order valence-electron chi connectivity index (χ2n) is 14.7. The number of benzene rings is 7. The van der Waals surface area contributed by atoms with Crippen LogP contribution in [0, 0.1) is 0 Å². The molecule has 0 heterocycles. The summed E-state index contributed by atoms with van der Waals surface area (Å²) in [4.78, 5) is 3.63. The third kappa shape index (κ3) is 6.36. The van der Waals surface area contributed by atoms with E-state index < -0.39 is 16.9 Å². The summed E-state index contributed by atoms with van der Waals surface area (Å²) in [5, 5.41) is 71.8. The molecule has 53 heavy (non-hydrogen) atoms. The molecule has 0 radical (unpaired) electrons. The first-order chi connectivity index (χ1) is 25.2. The quantitative estimate of drug-likeness (QED) is 0.0517. The molecule has 0 atom stereocenters. The molecule has 7 aromatic carbocycles. The van der Waals surface area contributed by atoms with Crippen molar-refractivity contribution in [2.75, 3.05) is 9.80 Å². The summed E-state index contributed by atoms with van der Waals surface area (Å²) < 4.78 is 0. The molecule has 0 unspecified atom stereocenters. The van der Waals surface area contributed by atoms with Gasteiger partial charge in [0.05, 0.1) is 28.2 Å². The van der Waals surface area contributed by atoms with Crippen LogP contribution in [0.15, 0.2) is 121 Å². The van der Waals surface area contributed by atoms with Gasteiger partial charge in [-0.15, -0.1) is 0 Å². The lowest BCUT2D eigenvalue weighted by Crippen LogP contribution is -2.37. The van der Waals surface area contributed by atoms with Crippen molar-refractivity contribution in [2.24, 2.45) is 0 Å². The second-order valence-corrected chi connectivity index (χ2v) is 22.7. The van der Waals surface area contributed by atoms with E-state index in [1.165, 1.54) is 34.6 Å². The third-order valence-corrected chi connectivity index (χ3v) is 13.5. The van der Waals surface area contributed by atoms with Crippen molar-refractivity contribution in [3.8, 4) is 34.5 Å². The monoisotopic (exact) mass is 738 g/mol. The first kappa shape index (κ1) is 35.3. The van der Waals surface area contributed by atoms with Crippen LogP contribution in [0.25, 0.3) is 21.5 Å². The molecule has 0 saturated carbocycles. The zero-order valence-electron chi connectivity index (χ0n) is 30.2. The molecular weight excluding hydrogens is 697 g/mol. The summed E-state index contributed by atoms with van der Waals surface area (Å²) >= 11 is 0. The molecule has 0 saturated heterocycles. The molecule has 7 aromatic rings. The largest absolute Gasteiger partial charge is 0.508 e. The second kappa shape index (κ2) is 13.5. The van der Waals surface area contributed by atoms with Crippen molar-refractivity contribution >= 4 is 82.9 Å². The Morgan fingerprint density at radius 1 is 0.434 bits per heavy atom. The van der Waals surface area contributed by atoms with Gasteiger partial charge in [0.2, 0.25) is 0 Å². The fraction of sp³-hybridized carbons (Fsp3) is 0.116. The van der Waals surface area contributed by atoms with E-state index in [2.05, 4.69) is 57.0 Å². The summed E-state index contributed by atoms with van der Waals surface area (Å²) in [5.74, 6) is -1.82. The van der Waals surface area contributed by atoms with Gasteiger partial charge in [0, 0.05) is 57.2 Å². The molecule has 0 aliphatic rings. The van der Waals surface area contributed by atoms with Crippen LogP contribution in [0.3, 0.4) is 0 Å². The average molecular weight is 739 g/mol. The summed E-state index contributed by atoms with van der Waals surface area (Å²) in [7, 11) is -2.83. The molecule has 0 spiro atoms. The highest BCUT2D eigenvalue weighted by Gasteiger charge is 2.30. The number of aromatic hydroxyl groups is 6. The van der Waals surface area contributed by atoms with Crippen molar-refractivity contribution in [1.29, 1.82) is 0 Å². The van der Waals surface area contributed by atoms with E-state index in [9.17, 15) is 30.6 Å². The maximum absolute atomic E-state index is 11.4. The lowest BCUT2D eigenvalue weighted by molar-refractivity contribution is 0.428. The SMILES string of the molecule is C[SiH](C)c1ccc(N(c2c(O)cc(O)cc2O)c2c3ccccc3c(N(c3ccc([Si](C)(C)C)cc3)c3c(O)cc(O)cc3O)c3ccccc23)cc1. The number of fused-ring (bicyclic) bond motifs is 2. The Balaban J connectivity index is 1.62. The van der Waals surface area contributed by atoms with Gasteiger partial charge in [0.15, 0.2) is 0 Å². The Bertz CT molecular complexity index is 2390. The molecule has 0 bridgehead atoms. The summed E-state index contributed by atoms with van der Waals surface area (Å²) in [6.45, 7) is 11.3. The van der Waals surface area contributed by atoms with E-state index >= 15 is 0 Å². The van der Waals surface area contributed by atoms with Gasteiger partial charge in [-0.25, -0.2) is 0 Å². The van der Waals surface area contributed by atoms with Crippen molar-refractivity contribution < 1.29 is 30.6 Å². The third-order valence-electron chi connectivity index (χ3n) is 9.69. The standard InChI is InChI=1S/C43H42N2O6Si2/c1-52(2)30-18-14-26(15-19-30)44(42-36(48)22-28(46)23-37(42)49)40-32-10-6-8-12-34(32)41(35-13-9-7-11-33(35)40)45(43-38(50)24-29(47)25-39(43)51)27-16-20-31(21-17-27)53(3,4)5/h6-25,46-52H,1-5H3. The molecule has 8 nitrogen and oxygen atoms in total. The number of hydrogen-bond acceptors (Lipinski definition) is 8. The molecule has 0 aliphatic carbocycles. The highest BCUT2D eigenvalue weighted by atomic mass is 28.3. The van der Waals surface area contributed by atoms with E-state index in [4.69, 9.17) is 0 Å². The van der Waals surface area contributed by atoms with Crippen LogP contribution in [0.1, 0.15) is 0 Å². The van der Waals surface area contributed by atoms with Gasteiger partial charge < -0.3 is 40.4 Å². The lowest BCUT2D eigenvalue weighted by Gasteiger charge is -2.33. The van der Waals surface area contributed by atoms with Gasteiger partial charge in [-0.1, -0.05) is 116 Å². The lowest BCUT2D eigenvalue weighted by atomic mass is 9.95. The summed E-state index contributed by atoms with van der Waals surface area (Å²) in [5.41, 5.74) is 2.83. The minimum Gasteiger partial charge on any atom is -0.508 e. The van der Waals surface area contributed by atoms with E-state index in [1.54, 1.807) is 0 Å². The zero-order valence-corrected chi connectivity index (χ0v) is 32.4. The van der Waals surface area contributed by atoms with Gasteiger partial charge in [0.25, 0.3) is 0 Å². The number of nitrogens with zero attached hydrogens (tertiary/aromatic N) is 2. The Kier molecular flexibility index (Phi) is 8.97. The number of phenolic OH excluding ortho intramolecular Hbond substituents is 6. The molecule has 10 heteroatoms. The van der Waals surface area contributed by atoms with E-state index in [-0.39, 0.29) is 45.9 Å². The van der Waals surface area contributed by atoms with E-state index in [1.807, 2.05) is 82.6 Å². The molecular formula is C43H42N2O6Si2. The van der Waals surface area contributed by atoms with Gasteiger partial charge >= 0.3 is 0 Å². The first-order valence-corrected chi connectivity index (χ1v) is 23.9. The first-order valence-electron chi connectivity index (χ1n) is 17.5. The highest BCUT2D eigenvalue weighted by molar-refractivity contribution is 6.88. The van der Waals surface area contributed by atoms with Crippen molar-refractivity contribution in [3.05, 3.63) is 121 Å². The van der Waals surface area contributed by atoms with Gasteiger partial charge in [-0.3, -0.25) is 0 Å². The smallest absolute Gasteiger partial charge is 0.147 e. The van der Waals surface area contributed by atoms with Crippen molar-refractivity contribution in [3.63, 3.8) is 0 Å². The van der Waals surface area contributed by atoms with Crippen LogP contribution in [-0.2, 0) is 0 Å². The molecule has 268 valence electrons. The number of phenols is 6. The summed E-state index contributed by atoms with van der Waals surface area (Å²) in [6, 6.07) is 36.6. The van der Waals surface area contributed by atoms with Crippen LogP contribution in [-0.4, -0.2) is 47.5 Å². The van der Waals surface area contributed by atoms with Gasteiger partial charge in [0.1, 0.15) is 45.9 Å². The molecule has 0 fully saturated rings. The van der Waals surface area contributed by atoms with Crippen molar-refractivity contribution in [2.45, 2.75) is 32.7 Å². The Morgan fingerprint density at radius 2 is 0.755 bits per heavy atom. The molecule has 7 rings (SSSR count). The van der Waals surface area contributed by atoms with E-state index in [0.29, 0.717) is 22.7 Å². The topological polar surface area (TPSA) is 128 Å². The minimum absolute atomic E-state index is 0.0886. The Labute approximate surface area is 310 Å². The van der Waals surface area contributed by atoms with E-state index in [0.717, 1.165) is 21.5 Å². The molecule has 6 N–H and O–H groups in total. The minimum atomic E-state index is -1.68. The maximum atomic E-state index is 11.4. The summed E-state index contributed by atoms with van der Waals surface area (Å²) in [6.07, 6.45) is 0. The van der Waals surface area contributed by atoms with Gasteiger partial charge in [-0.2, -0.15) is 0 Å². The van der Waals surface area contributed by atoms with Crippen LogP contribution in [0.2, 0.25) is 32.7 Å². The maximum Gasteiger partial charge on any atom is 0.147 e. The molecule has 0 amide bonds. The number of hydrogen-bond donors (Lipinski definition) is 6. The van der Waals surface area contributed by atoms with Crippen LogP contribution in [0.5, 0.6) is 34.5 Å². The predicted octanol–water partition coefficient (Wildman–Crippen LogP) is 9.41. The van der Waals surface area contributed by atoms with Crippen LogP contribution in [0.4, 0.5) is 34.1 Å². The molecule has 0 aliphatic heterocycles. The Morgan fingerprint density at radius 3 is 1.06 bits per heavy atom. The number of anilines is 6. The average Bonchev–Trinajstić information content (AvgIpc) is 3.10. The fourth-order valence-electron chi connectivity index (χ4n) is 7.06. The Hall–Kier alpha value is -6.11. The van der Waals surface area contributed by atoms with Crippen molar-refractivity contribution in [1.82, 2.24) is 0 Å². The van der Waals surface area contributed by atoms with Gasteiger partial charge in [-0.05, 0) is 24.3 Å². The van der Waals surface area contributed by atoms with Crippen LogP contribution >= 0.6 is 0 Å². The fourth-order valence-corrected chi connectivity index (χ4v) is 9.19.